The Bertz CT molecular complexity index is 786. The Labute approximate surface area is 135 Å². The van der Waals surface area contributed by atoms with Gasteiger partial charge in [0.05, 0.1) is 22.1 Å². The second-order valence-electron chi connectivity index (χ2n) is 4.18. The number of benzene rings is 1. The van der Waals surface area contributed by atoms with Crippen molar-refractivity contribution in [1.29, 1.82) is 0 Å². The first-order chi connectivity index (χ1) is 9.88. The van der Waals surface area contributed by atoms with Gasteiger partial charge in [0.2, 0.25) is 0 Å². The lowest BCUT2D eigenvalue weighted by atomic mass is 10.1. The summed E-state index contributed by atoms with van der Waals surface area (Å²) in [5, 5.41) is 10.8. The van der Waals surface area contributed by atoms with Gasteiger partial charge in [0, 0.05) is 16.2 Å². The first-order valence-corrected chi connectivity index (χ1v) is 7.30. The van der Waals surface area contributed by atoms with Crippen molar-refractivity contribution in [2.75, 3.05) is 0 Å². The Morgan fingerprint density at radius 2 is 2.00 bits per heavy atom. The Balaban J connectivity index is 2.34. The minimum Gasteiger partial charge on any atom is -0.339 e. The fourth-order valence-corrected chi connectivity index (χ4v) is 2.59. The summed E-state index contributed by atoms with van der Waals surface area (Å²) in [6.45, 7) is -0.101. The number of ketones is 1. The number of carbonyl (C=O) groups is 1. The average Bonchev–Trinajstić information content (AvgIpc) is 2.42. The molecule has 8 heteroatoms. The Kier molecular flexibility index (Phi) is 4.69. The van der Waals surface area contributed by atoms with E-state index in [1.165, 1.54) is 10.8 Å². The molecule has 0 atom stereocenters. The predicted octanol–water partition coefficient (Wildman–Crippen LogP) is 3.16. The molecule has 6 nitrogen and oxygen atoms in total. The van der Waals surface area contributed by atoms with E-state index in [2.05, 4.69) is 31.9 Å². The van der Waals surface area contributed by atoms with Crippen molar-refractivity contribution in [1.82, 2.24) is 4.57 Å². The van der Waals surface area contributed by atoms with Crippen LogP contribution in [-0.4, -0.2) is 15.3 Å². The van der Waals surface area contributed by atoms with E-state index >= 15 is 0 Å². The summed E-state index contributed by atoms with van der Waals surface area (Å²) < 4.78 is 2.12. The molecule has 0 amide bonds. The standard InChI is InChI=1S/C13H8Br2N2O4/c14-9-3-1-2-8(4-9)12(18)7-16-5-10(15)13(19)11(6-16)17(20)21/h1-6H,7H2. The molecule has 1 aromatic carbocycles. The van der Waals surface area contributed by atoms with Crippen LogP contribution in [0.2, 0.25) is 0 Å². The maximum Gasteiger partial charge on any atom is 0.333 e. The van der Waals surface area contributed by atoms with Gasteiger partial charge in [-0.05, 0) is 28.1 Å². The molecule has 0 N–H and O–H groups in total. The van der Waals surface area contributed by atoms with E-state index in [0.717, 1.165) is 10.7 Å². The number of Topliss-reactive ketones (excluding diaryl/α,β-unsaturated/α-hetero) is 1. The van der Waals surface area contributed by atoms with Crippen molar-refractivity contribution >= 4 is 43.3 Å². The highest BCUT2D eigenvalue weighted by molar-refractivity contribution is 9.10. The Morgan fingerprint density at radius 1 is 1.29 bits per heavy atom. The molecule has 108 valence electrons. The largest absolute Gasteiger partial charge is 0.339 e. The zero-order chi connectivity index (χ0) is 15.6. The molecule has 1 heterocycles. The topological polar surface area (TPSA) is 82.2 Å². The van der Waals surface area contributed by atoms with Gasteiger partial charge in [0.15, 0.2) is 5.78 Å². The van der Waals surface area contributed by atoms with Gasteiger partial charge in [-0.3, -0.25) is 19.7 Å². The van der Waals surface area contributed by atoms with Crippen LogP contribution in [0, 0.1) is 10.1 Å². The van der Waals surface area contributed by atoms with Crippen molar-refractivity contribution in [3.8, 4) is 0 Å². The number of pyridine rings is 1. The third-order valence-corrected chi connectivity index (χ3v) is 3.74. The van der Waals surface area contributed by atoms with Crippen molar-refractivity contribution < 1.29 is 9.72 Å². The molecule has 0 unspecified atom stereocenters. The number of hydrogen-bond acceptors (Lipinski definition) is 4. The molecule has 0 spiro atoms. The van der Waals surface area contributed by atoms with E-state index < -0.39 is 16.0 Å². The Morgan fingerprint density at radius 3 is 2.62 bits per heavy atom. The summed E-state index contributed by atoms with van der Waals surface area (Å²) in [5.41, 5.74) is -0.820. The molecular weight excluding hydrogens is 408 g/mol. The number of hydrogen-bond donors (Lipinski definition) is 0. The van der Waals surface area contributed by atoms with E-state index in [0.29, 0.717) is 5.56 Å². The molecule has 0 saturated heterocycles. The zero-order valence-electron chi connectivity index (χ0n) is 10.5. The SMILES string of the molecule is O=C(Cn1cc(Br)c(=O)c([N+](=O)[O-])c1)c1cccc(Br)c1. The van der Waals surface area contributed by atoms with E-state index in [1.54, 1.807) is 24.3 Å². The van der Waals surface area contributed by atoms with E-state index in [1.807, 2.05) is 0 Å². The highest BCUT2D eigenvalue weighted by Gasteiger charge is 2.17. The summed E-state index contributed by atoms with van der Waals surface area (Å²) in [5.74, 6) is -0.221. The lowest BCUT2D eigenvalue weighted by Gasteiger charge is -2.06. The molecule has 2 rings (SSSR count). The predicted molar refractivity (Wildman–Crippen MR) is 83.5 cm³/mol. The lowest BCUT2D eigenvalue weighted by molar-refractivity contribution is -0.386. The zero-order valence-corrected chi connectivity index (χ0v) is 13.6. The molecule has 0 aliphatic rings. The molecule has 0 fully saturated rings. The first-order valence-electron chi connectivity index (χ1n) is 5.71. The highest BCUT2D eigenvalue weighted by Crippen LogP contribution is 2.14. The maximum atomic E-state index is 12.1. The number of nitro groups is 1. The molecule has 0 radical (unpaired) electrons. The molecule has 0 bridgehead atoms. The van der Waals surface area contributed by atoms with Gasteiger partial charge in [-0.2, -0.15) is 0 Å². The quantitative estimate of drug-likeness (QED) is 0.436. The average molecular weight is 416 g/mol. The van der Waals surface area contributed by atoms with Crippen LogP contribution in [0.5, 0.6) is 0 Å². The van der Waals surface area contributed by atoms with Crippen molar-refractivity contribution in [3.63, 3.8) is 0 Å². The van der Waals surface area contributed by atoms with Gasteiger partial charge in [-0.25, -0.2) is 0 Å². The van der Waals surface area contributed by atoms with E-state index in [-0.39, 0.29) is 16.8 Å². The molecular formula is C13H8Br2N2O4. The summed E-state index contributed by atoms with van der Waals surface area (Å²) in [6, 6.07) is 6.83. The molecule has 21 heavy (non-hydrogen) atoms. The molecule has 0 aliphatic heterocycles. The van der Waals surface area contributed by atoms with Gasteiger partial charge < -0.3 is 4.57 Å². The monoisotopic (exact) mass is 414 g/mol. The van der Waals surface area contributed by atoms with Crippen LogP contribution in [0.3, 0.4) is 0 Å². The van der Waals surface area contributed by atoms with Crippen molar-refractivity contribution in [2.45, 2.75) is 6.54 Å². The van der Waals surface area contributed by atoms with Crippen LogP contribution in [0.4, 0.5) is 5.69 Å². The highest BCUT2D eigenvalue weighted by atomic mass is 79.9. The molecule has 0 aliphatic carbocycles. The van der Waals surface area contributed by atoms with Crippen LogP contribution < -0.4 is 5.43 Å². The lowest BCUT2D eigenvalue weighted by Crippen LogP contribution is -2.16. The number of nitrogens with zero attached hydrogens (tertiary/aromatic N) is 2. The molecule has 0 saturated carbocycles. The maximum absolute atomic E-state index is 12.1. The van der Waals surface area contributed by atoms with E-state index in [4.69, 9.17) is 0 Å². The summed E-state index contributed by atoms with van der Waals surface area (Å²) >= 11 is 6.24. The number of aromatic nitrogens is 1. The molecule has 1 aromatic heterocycles. The fourth-order valence-electron chi connectivity index (χ4n) is 1.72. The third kappa shape index (κ3) is 3.64. The second-order valence-corrected chi connectivity index (χ2v) is 5.95. The van der Waals surface area contributed by atoms with Crippen LogP contribution in [0.1, 0.15) is 10.4 Å². The van der Waals surface area contributed by atoms with Gasteiger partial charge in [-0.15, -0.1) is 0 Å². The van der Waals surface area contributed by atoms with Gasteiger partial charge >= 0.3 is 5.69 Å². The summed E-state index contributed by atoms with van der Waals surface area (Å²) in [4.78, 5) is 33.7. The summed E-state index contributed by atoms with van der Waals surface area (Å²) in [7, 11) is 0. The third-order valence-electron chi connectivity index (χ3n) is 2.69. The van der Waals surface area contributed by atoms with Crippen LogP contribution >= 0.6 is 31.9 Å². The van der Waals surface area contributed by atoms with Gasteiger partial charge in [-0.1, -0.05) is 28.1 Å². The van der Waals surface area contributed by atoms with Gasteiger partial charge in [0.1, 0.15) is 0 Å². The molecule has 2 aromatic rings. The fraction of sp³-hybridized carbons (Fsp3) is 0.0769. The van der Waals surface area contributed by atoms with Crippen LogP contribution in [0.25, 0.3) is 0 Å². The van der Waals surface area contributed by atoms with Gasteiger partial charge in [0.25, 0.3) is 5.43 Å². The smallest absolute Gasteiger partial charge is 0.333 e. The normalized spacial score (nSPS) is 10.4. The minimum atomic E-state index is -0.771. The number of carbonyl (C=O) groups excluding carboxylic acids is 1. The van der Waals surface area contributed by atoms with Crippen molar-refractivity contribution in [3.05, 3.63) is 71.5 Å². The first kappa shape index (κ1) is 15.6. The second kappa shape index (κ2) is 6.31. The Hall–Kier alpha value is -1.80. The van der Waals surface area contributed by atoms with Crippen molar-refractivity contribution in [2.24, 2.45) is 0 Å². The number of rotatable bonds is 4. The summed E-state index contributed by atoms with van der Waals surface area (Å²) in [6.07, 6.45) is 2.41. The minimum absolute atomic E-state index is 0.0405. The van der Waals surface area contributed by atoms with Crippen LogP contribution in [0.15, 0.2) is 50.4 Å². The van der Waals surface area contributed by atoms with Crippen LogP contribution in [-0.2, 0) is 6.54 Å². The number of halogens is 2. The van der Waals surface area contributed by atoms with E-state index in [9.17, 15) is 19.7 Å².